The maximum Gasteiger partial charge on any atom is 0.143 e. The lowest BCUT2D eigenvalue weighted by Gasteiger charge is -2.68. The fraction of sp³-hybridized carbons (Fsp3) is 0.731. The first-order valence-corrected chi connectivity index (χ1v) is 11.9. The standard InChI is InChI=1S/C26H34O6/c1-23-12-32-20-21(23)26(4,19(29)10-17(23)27)16-9-18(28)24(2)14(13-7-8-31-11-13)5-6-15(24)25(16,3)22(20)30/h6-8,11,14,16-17,19-22,27,29-30H,5,9-10,12H2,1-4H3/t14-,16+,17+,19-,20+,21-,22+,23+,24-,25-,26-/m0/s1. The van der Waals surface area contributed by atoms with Crippen LogP contribution in [0.15, 0.2) is 34.7 Å². The summed E-state index contributed by atoms with van der Waals surface area (Å²) in [6.07, 6.45) is 4.06. The molecule has 0 spiro atoms. The van der Waals surface area contributed by atoms with Gasteiger partial charge in [0, 0.05) is 40.9 Å². The molecular weight excluding hydrogens is 408 g/mol. The summed E-state index contributed by atoms with van der Waals surface area (Å²) in [6.45, 7) is 8.54. The molecule has 1 aromatic heterocycles. The van der Waals surface area contributed by atoms with Crippen molar-refractivity contribution in [3.8, 4) is 0 Å². The third-order valence-corrected chi connectivity index (χ3v) is 10.9. The molecule has 6 nitrogen and oxygen atoms in total. The second-order valence-electron chi connectivity index (χ2n) is 12.0. The van der Waals surface area contributed by atoms with Crippen LogP contribution in [0.5, 0.6) is 0 Å². The third-order valence-electron chi connectivity index (χ3n) is 10.9. The van der Waals surface area contributed by atoms with Crippen LogP contribution in [0, 0.1) is 33.5 Å². The fourth-order valence-corrected chi connectivity index (χ4v) is 9.18. The first-order valence-electron chi connectivity index (χ1n) is 11.9. The summed E-state index contributed by atoms with van der Waals surface area (Å²) in [7, 11) is 0. The number of hydrogen-bond acceptors (Lipinski definition) is 6. The van der Waals surface area contributed by atoms with Gasteiger partial charge < -0.3 is 24.5 Å². The van der Waals surface area contributed by atoms with Gasteiger partial charge in [-0.2, -0.15) is 0 Å². The van der Waals surface area contributed by atoms with E-state index in [1.165, 1.54) is 0 Å². The molecule has 0 radical (unpaired) electrons. The number of allylic oxidation sites excluding steroid dienone is 1. The monoisotopic (exact) mass is 442 g/mol. The first kappa shape index (κ1) is 21.1. The summed E-state index contributed by atoms with van der Waals surface area (Å²) in [6, 6.07) is 1.93. The van der Waals surface area contributed by atoms with Gasteiger partial charge in [0.1, 0.15) is 5.78 Å². The number of aliphatic hydroxyl groups is 3. The molecule has 0 aromatic carbocycles. The summed E-state index contributed by atoms with van der Waals surface area (Å²) in [5.41, 5.74) is -0.622. The van der Waals surface area contributed by atoms with Crippen molar-refractivity contribution in [1.82, 2.24) is 0 Å². The second kappa shape index (κ2) is 6.15. The van der Waals surface area contributed by atoms with E-state index in [1.54, 1.807) is 12.5 Å². The molecule has 3 N–H and O–H groups in total. The van der Waals surface area contributed by atoms with Gasteiger partial charge in [0.2, 0.25) is 0 Å². The van der Waals surface area contributed by atoms with Crippen LogP contribution < -0.4 is 0 Å². The Hall–Kier alpha value is -1.47. The van der Waals surface area contributed by atoms with Crippen molar-refractivity contribution < 1.29 is 29.3 Å². The molecule has 2 heterocycles. The predicted octanol–water partition coefficient (Wildman–Crippen LogP) is 2.82. The van der Waals surface area contributed by atoms with Crippen molar-refractivity contribution in [2.24, 2.45) is 33.5 Å². The van der Waals surface area contributed by atoms with E-state index in [0.717, 1.165) is 17.6 Å². The number of aliphatic hydroxyl groups excluding tert-OH is 3. The zero-order chi connectivity index (χ0) is 22.8. The van der Waals surface area contributed by atoms with E-state index in [-0.39, 0.29) is 30.0 Å². The Labute approximate surface area is 188 Å². The minimum absolute atomic E-state index is 0.0212. The predicted molar refractivity (Wildman–Crippen MR) is 116 cm³/mol. The number of furan rings is 1. The third kappa shape index (κ3) is 2.06. The minimum atomic E-state index is -0.813. The van der Waals surface area contributed by atoms with Crippen molar-refractivity contribution >= 4 is 5.78 Å². The van der Waals surface area contributed by atoms with Gasteiger partial charge in [0.05, 0.1) is 49.0 Å². The van der Waals surface area contributed by atoms with Gasteiger partial charge in [-0.25, -0.2) is 0 Å². The second-order valence-corrected chi connectivity index (χ2v) is 12.0. The lowest BCUT2D eigenvalue weighted by molar-refractivity contribution is -0.252. The van der Waals surface area contributed by atoms with Gasteiger partial charge in [0.15, 0.2) is 0 Å². The summed E-state index contributed by atoms with van der Waals surface area (Å²) in [5.74, 6) is -0.303. The number of rotatable bonds is 1. The SMILES string of the molecule is C[C@@]12C(=O)C[C@@H]3[C@](C)(C1=CC[C@H]2c1ccoc1)[C@H](O)[C@@H]1OC[C@]2(C)[C@H](O)C[C@H](O)[C@@]3(C)[C@@H]12. The van der Waals surface area contributed by atoms with Gasteiger partial charge in [-0.15, -0.1) is 0 Å². The maximum absolute atomic E-state index is 13.9. The van der Waals surface area contributed by atoms with E-state index < -0.39 is 46.1 Å². The minimum Gasteiger partial charge on any atom is -0.472 e. The van der Waals surface area contributed by atoms with Crippen molar-refractivity contribution in [2.45, 2.75) is 77.3 Å². The smallest absolute Gasteiger partial charge is 0.143 e. The van der Waals surface area contributed by atoms with Crippen LogP contribution in [-0.2, 0) is 9.53 Å². The summed E-state index contributed by atoms with van der Waals surface area (Å²) >= 11 is 0. The Morgan fingerprint density at radius 3 is 2.53 bits per heavy atom. The van der Waals surface area contributed by atoms with Crippen LogP contribution in [0.25, 0.3) is 0 Å². The summed E-state index contributed by atoms with van der Waals surface area (Å²) in [4.78, 5) is 13.9. The van der Waals surface area contributed by atoms with E-state index in [2.05, 4.69) is 19.9 Å². The van der Waals surface area contributed by atoms with Crippen molar-refractivity contribution in [1.29, 1.82) is 0 Å². The van der Waals surface area contributed by atoms with E-state index >= 15 is 0 Å². The average molecular weight is 443 g/mol. The molecule has 3 saturated carbocycles. The number of hydrogen-bond donors (Lipinski definition) is 3. The Kier molecular flexibility index (Phi) is 4.05. The van der Waals surface area contributed by atoms with Gasteiger partial charge >= 0.3 is 0 Å². The Balaban J connectivity index is 1.52. The highest BCUT2D eigenvalue weighted by Gasteiger charge is 2.77. The number of ether oxygens (including phenoxy) is 1. The van der Waals surface area contributed by atoms with Gasteiger partial charge in [-0.1, -0.05) is 32.4 Å². The van der Waals surface area contributed by atoms with Crippen LogP contribution in [0.4, 0.5) is 0 Å². The lowest BCUT2D eigenvalue weighted by Crippen LogP contribution is -2.73. The van der Waals surface area contributed by atoms with E-state index in [4.69, 9.17) is 9.15 Å². The first-order chi connectivity index (χ1) is 15.0. The molecule has 6 rings (SSSR count). The van der Waals surface area contributed by atoms with E-state index in [9.17, 15) is 20.1 Å². The molecule has 4 fully saturated rings. The zero-order valence-corrected chi connectivity index (χ0v) is 19.2. The highest BCUT2D eigenvalue weighted by atomic mass is 16.5. The van der Waals surface area contributed by atoms with Crippen LogP contribution in [-0.4, -0.2) is 52.1 Å². The number of carbonyl (C=O) groups is 1. The molecule has 0 bridgehead atoms. The molecule has 1 aromatic rings. The van der Waals surface area contributed by atoms with Crippen LogP contribution >= 0.6 is 0 Å². The molecule has 1 aliphatic heterocycles. The van der Waals surface area contributed by atoms with Gasteiger partial charge in [-0.3, -0.25) is 4.79 Å². The number of fused-ring (bicyclic) bond motifs is 4. The van der Waals surface area contributed by atoms with Crippen LogP contribution in [0.1, 0.15) is 58.4 Å². The van der Waals surface area contributed by atoms with Crippen LogP contribution in [0.3, 0.4) is 0 Å². The molecule has 11 atom stereocenters. The van der Waals surface area contributed by atoms with Gasteiger partial charge in [-0.05, 0) is 30.9 Å². The quantitative estimate of drug-likeness (QED) is 0.579. The molecule has 0 unspecified atom stereocenters. The van der Waals surface area contributed by atoms with E-state index in [0.29, 0.717) is 13.0 Å². The molecule has 174 valence electrons. The van der Waals surface area contributed by atoms with Crippen molar-refractivity contribution in [2.75, 3.05) is 6.61 Å². The maximum atomic E-state index is 13.9. The van der Waals surface area contributed by atoms with Gasteiger partial charge in [0.25, 0.3) is 0 Å². The number of Topliss-reactive ketones (excluding diaryl/α,β-unsaturated/α-hetero) is 1. The van der Waals surface area contributed by atoms with Crippen molar-refractivity contribution in [3.63, 3.8) is 0 Å². The lowest BCUT2D eigenvalue weighted by atomic mass is 9.36. The molecule has 0 amide bonds. The highest BCUT2D eigenvalue weighted by molar-refractivity contribution is 5.92. The molecular formula is C26H34O6. The molecule has 1 saturated heterocycles. The normalized spacial score (nSPS) is 56.4. The molecule has 5 aliphatic rings. The fourth-order valence-electron chi connectivity index (χ4n) is 9.18. The molecule has 6 heteroatoms. The topological polar surface area (TPSA) is 100 Å². The van der Waals surface area contributed by atoms with E-state index in [1.807, 2.05) is 19.9 Å². The Morgan fingerprint density at radius 1 is 1.09 bits per heavy atom. The summed E-state index contributed by atoms with van der Waals surface area (Å²) < 4.78 is 11.6. The molecule has 32 heavy (non-hydrogen) atoms. The largest absolute Gasteiger partial charge is 0.472 e. The number of carbonyl (C=O) groups excluding carboxylic acids is 1. The highest BCUT2D eigenvalue weighted by Crippen LogP contribution is 2.74. The van der Waals surface area contributed by atoms with Crippen LogP contribution in [0.2, 0.25) is 0 Å². The zero-order valence-electron chi connectivity index (χ0n) is 19.2. The molecule has 4 aliphatic carbocycles. The Bertz CT molecular complexity index is 1000. The average Bonchev–Trinajstić information content (AvgIpc) is 3.46. The van der Waals surface area contributed by atoms with Crippen molar-refractivity contribution in [3.05, 3.63) is 35.8 Å². The number of ketones is 1. The summed E-state index contributed by atoms with van der Waals surface area (Å²) in [5, 5.41) is 34.2. The Morgan fingerprint density at radius 2 is 1.84 bits per heavy atom.